The van der Waals surface area contributed by atoms with Gasteiger partial charge in [0.2, 0.25) is 5.82 Å². The maximum absolute atomic E-state index is 12.7. The Kier molecular flexibility index (Phi) is 5.62. The second-order valence-corrected chi connectivity index (χ2v) is 5.94. The number of nitrogens with zero attached hydrogens (tertiary/aromatic N) is 4. The lowest BCUT2D eigenvalue weighted by molar-refractivity contribution is 0.0963. The van der Waals surface area contributed by atoms with Crippen molar-refractivity contribution in [3.05, 3.63) is 71.2 Å². The number of H-pyrrole nitrogens is 1. The molecule has 2 aromatic carbocycles. The summed E-state index contributed by atoms with van der Waals surface area (Å²) >= 11 is 0. The van der Waals surface area contributed by atoms with E-state index in [0.717, 1.165) is 16.8 Å². The van der Waals surface area contributed by atoms with Crippen molar-refractivity contribution in [1.82, 2.24) is 26.0 Å². The number of tetrazole rings is 1. The molecule has 0 saturated carbocycles. The first-order valence-corrected chi connectivity index (χ1v) is 8.42. The Balaban J connectivity index is 1.76. The number of carbonyl (C=O) groups is 1. The molecule has 4 N–H and O–H groups in total. The van der Waals surface area contributed by atoms with Crippen LogP contribution in [0.2, 0.25) is 0 Å². The fourth-order valence-corrected chi connectivity index (χ4v) is 2.58. The summed E-state index contributed by atoms with van der Waals surface area (Å²) < 4.78 is 0. The SMILES string of the molecule is Cc1cccc(C)c1NNC(=O)c1ccccc1NC=C(C#N)c1nn[nH]n1. The Bertz CT molecular complexity index is 1030. The van der Waals surface area contributed by atoms with Crippen molar-refractivity contribution < 1.29 is 4.79 Å². The number of benzene rings is 2. The molecule has 0 bridgehead atoms. The van der Waals surface area contributed by atoms with Crippen LogP contribution in [-0.4, -0.2) is 26.5 Å². The van der Waals surface area contributed by atoms with E-state index in [1.54, 1.807) is 24.3 Å². The van der Waals surface area contributed by atoms with Gasteiger partial charge in [-0.15, -0.1) is 10.2 Å². The van der Waals surface area contributed by atoms with E-state index in [4.69, 9.17) is 0 Å². The Labute approximate surface area is 161 Å². The molecule has 0 aliphatic carbocycles. The molecule has 9 heteroatoms. The molecule has 140 valence electrons. The van der Waals surface area contributed by atoms with E-state index in [1.807, 2.05) is 38.1 Å². The van der Waals surface area contributed by atoms with E-state index >= 15 is 0 Å². The highest BCUT2D eigenvalue weighted by atomic mass is 16.2. The number of nitriles is 1. The second kappa shape index (κ2) is 8.46. The Hall–Kier alpha value is -4.19. The van der Waals surface area contributed by atoms with E-state index < -0.39 is 0 Å². The maximum Gasteiger partial charge on any atom is 0.271 e. The van der Waals surface area contributed by atoms with E-state index in [9.17, 15) is 10.1 Å². The largest absolute Gasteiger partial charge is 0.360 e. The van der Waals surface area contributed by atoms with Gasteiger partial charge in [-0.25, -0.2) is 0 Å². The molecule has 1 heterocycles. The Morgan fingerprint density at radius 2 is 1.89 bits per heavy atom. The number of allylic oxidation sites excluding steroid dienone is 1. The number of anilines is 2. The Morgan fingerprint density at radius 1 is 1.14 bits per heavy atom. The van der Waals surface area contributed by atoms with Gasteiger partial charge < -0.3 is 5.32 Å². The van der Waals surface area contributed by atoms with Crippen LogP contribution in [0.15, 0.2) is 48.7 Å². The van der Waals surface area contributed by atoms with Gasteiger partial charge >= 0.3 is 0 Å². The first kappa shape index (κ1) is 18.6. The van der Waals surface area contributed by atoms with Crippen LogP contribution in [0.1, 0.15) is 27.3 Å². The zero-order valence-electron chi connectivity index (χ0n) is 15.3. The summed E-state index contributed by atoms with van der Waals surface area (Å²) in [6.45, 7) is 3.92. The summed E-state index contributed by atoms with van der Waals surface area (Å²) in [4.78, 5) is 12.7. The number of carbonyl (C=O) groups excluding carboxylic acids is 1. The number of nitrogens with one attached hydrogen (secondary N) is 4. The molecule has 1 aromatic heterocycles. The smallest absolute Gasteiger partial charge is 0.271 e. The zero-order valence-corrected chi connectivity index (χ0v) is 15.3. The van der Waals surface area contributed by atoms with Gasteiger partial charge in [0, 0.05) is 6.20 Å². The van der Waals surface area contributed by atoms with Crippen molar-refractivity contribution in [2.45, 2.75) is 13.8 Å². The normalized spacial score (nSPS) is 10.8. The number of aromatic nitrogens is 4. The van der Waals surface area contributed by atoms with Crippen LogP contribution in [0.3, 0.4) is 0 Å². The summed E-state index contributed by atoms with van der Waals surface area (Å²) in [7, 11) is 0. The van der Waals surface area contributed by atoms with Crippen LogP contribution >= 0.6 is 0 Å². The highest BCUT2D eigenvalue weighted by molar-refractivity contribution is 6.00. The minimum Gasteiger partial charge on any atom is -0.360 e. The Morgan fingerprint density at radius 3 is 2.57 bits per heavy atom. The van der Waals surface area contributed by atoms with Crippen LogP contribution in [0.25, 0.3) is 5.57 Å². The molecular weight excluding hydrogens is 356 g/mol. The van der Waals surface area contributed by atoms with Gasteiger partial charge in [0.15, 0.2) is 0 Å². The number of hydrogen-bond donors (Lipinski definition) is 4. The molecule has 0 spiro atoms. The molecule has 0 fully saturated rings. The maximum atomic E-state index is 12.7. The van der Waals surface area contributed by atoms with Crippen molar-refractivity contribution in [1.29, 1.82) is 5.26 Å². The van der Waals surface area contributed by atoms with Crippen molar-refractivity contribution in [2.75, 3.05) is 10.7 Å². The van der Waals surface area contributed by atoms with Crippen molar-refractivity contribution in [2.24, 2.45) is 0 Å². The molecule has 9 nitrogen and oxygen atoms in total. The van der Waals surface area contributed by atoms with Crippen LogP contribution in [0.5, 0.6) is 0 Å². The third kappa shape index (κ3) is 4.13. The molecule has 0 radical (unpaired) electrons. The van der Waals surface area contributed by atoms with Crippen molar-refractivity contribution >= 4 is 22.9 Å². The van der Waals surface area contributed by atoms with Gasteiger partial charge in [0.05, 0.1) is 16.9 Å². The van der Waals surface area contributed by atoms with Crippen molar-refractivity contribution in [3.63, 3.8) is 0 Å². The van der Waals surface area contributed by atoms with E-state index in [1.165, 1.54) is 6.20 Å². The van der Waals surface area contributed by atoms with Crippen LogP contribution in [0.4, 0.5) is 11.4 Å². The molecule has 1 amide bonds. The third-order valence-corrected chi connectivity index (χ3v) is 4.03. The summed E-state index contributed by atoms with van der Waals surface area (Å²) in [6, 6.07) is 14.8. The van der Waals surface area contributed by atoms with E-state index in [-0.39, 0.29) is 17.3 Å². The first-order valence-electron chi connectivity index (χ1n) is 8.42. The predicted molar refractivity (Wildman–Crippen MR) is 105 cm³/mol. The lowest BCUT2D eigenvalue weighted by Crippen LogP contribution is -2.30. The van der Waals surface area contributed by atoms with Gasteiger partial charge in [0.25, 0.3) is 5.91 Å². The predicted octanol–water partition coefficient (Wildman–Crippen LogP) is 2.55. The molecule has 3 rings (SSSR count). The summed E-state index contributed by atoms with van der Waals surface area (Å²) in [5.41, 5.74) is 9.70. The van der Waals surface area contributed by atoms with Gasteiger partial charge in [0.1, 0.15) is 11.6 Å². The van der Waals surface area contributed by atoms with E-state index in [2.05, 4.69) is 36.8 Å². The van der Waals surface area contributed by atoms with Gasteiger partial charge in [-0.05, 0) is 42.3 Å². The average Bonchev–Trinajstić information content (AvgIpc) is 3.23. The van der Waals surface area contributed by atoms with Crippen LogP contribution in [-0.2, 0) is 0 Å². The minimum absolute atomic E-state index is 0.161. The molecule has 0 atom stereocenters. The fourth-order valence-electron chi connectivity index (χ4n) is 2.58. The molecule has 0 aliphatic rings. The highest BCUT2D eigenvalue weighted by Crippen LogP contribution is 2.20. The second-order valence-electron chi connectivity index (χ2n) is 5.94. The summed E-state index contributed by atoms with van der Waals surface area (Å²) in [5, 5.41) is 25.5. The lowest BCUT2D eigenvalue weighted by atomic mass is 10.1. The summed E-state index contributed by atoms with van der Waals surface area (Å²) in [5.74, 6) is -0.161. The fraction of sp³-hybridized carbons (Fsp3) is 0.105. The van der Waals surface area contributed by atoms with E-state index in [0.29, 0.717) is 11.3 Å². The summed E-state index contributed by atoms with van der Waals surface area (Å²) in [6.07, 6.45) is 1.43. The number of para-hydroxylation sites is 2. The quantitative estimate of drug-likeness (QED) is 0.385. The van der Waals surface area contributed by atoms with Gasteiger partial charge in [-0.2, -0.15) is 10.5 Å². The number of rotatable bonds is 6. The third-order valence-electron chi connectivity index (χ3n) is 4.03. The van der Waals surface area contributed by atoms with Crippen LogP contribution in [0, 0.1) is 25.2 Å². The zero-order chi connectivity index (χ0) is 19.9. The highest BCUT2D eigenvalue weighted by Gasteiger charge is 2.12. The van der Waals surface area contributed by atoms with Crippen molar-refractivity contribution in [3.8, 4) is 6.07 Å². The lowest BCUT2D eigenvalue weighted by Gasteiger charge is -2.15. The molecule has 0 aliphatic heterocycles. The van der Waals surface area contributed by atoms with Crippen LogP contribution < -0.4 is 16.2 Å². The molecule has 0 saturated heterocycles. The number of aryl methyl sites for hydroxylation is 2. The first-order chi connectivity index (χ1) is 13.6. The number of aromatic amines is 1. The average molecular weight is 374 g/mol. The molecule has 3 aromatic rings. The standard InChI is InChI=1S/C19H18N8O/c1-12-6-5-7-13(2)17(12)22-25-19(28)15-8-3-4-9-16(15)21-11-14(10-20)18-23-26-27-24-18/h3-9,11,21-22H,1-2H3,(H,25,28)(H,23,24,26,27). The van der Waals surface area contributed by atoms with Gasteiger partial charge in [-0.3, -0.25) is 15.6 Å². The molecule has 28 heavy (non-hydrogen) atoms. The minimum atomic E-state index is -0.322. The number of hydrogen-bond acceptors (Lipinski definition) is 7. The topological polar surface area (TPSA) is 131 Å². The monoisotopic (exact) mass is 374 g/mol. The number of hydrazine groups is 1. The molecule has 0 unspecified atom stereocenters. The number of amides is 1. The molecular formula is C19H18N8O. The van der Waals surface area contributed by atoms with Gasteiger partial charge in [-0.1, -0.05) is 30.3 Å².